The molecule has 1 aliphatic rings. The highest BCUT2D eigenvalue weighted by Gasteiger charge is 2.50. The minimum Gasteiger partial charge on any atom is -0.461 e. The lowest BCUT2D eigenvalue weighted by Gasteiger charge is -2.35. The largest absolute Gasteiger partial charge is 0.461 e. The van der Waals surface area contributed by atoms with Crippen LogP contribution in [0.1, 0.15) is 75.2 Å². The van der Waals surface area contributed by atoms with E-state index in [1.807, 2.05) is 0 Å². The number of fused-ring (bicyclic) bond motifs is 1. The fourth-order valence-corrected chi connectivity index (χ4v) is 3.05. The van der Waals surface area contributed by atoms with Crippen LogP contribution in [0.5, 0.6) is 0 Å². The van der Waals surface area contributed by atoms with Crippen molar-refractivity contribution in [2.75, 3.05) is 13.2 Å². The number of aromatic nitrogens is 2. The average Bonchev–Trinajstić information content (AvgIpc) is 2.91. The molecule has 7 nitrogen and oxygen atoms in total. The zero-order valence-electron chi connectivity index (χ0n) is 16.9. The molecule has 1 aliphatic heterocycles. The molecule has 0 bridgehead atoms. The molecule has 2 rings (SSSR count). The van der Waals surface area contributed by atoms with Crippen LogP contribution in [0.25, 0.3) is 0 Å². The molecule has 0 unspecified atom stereocenters. The summed E-state index contributed by atoms with van der Waals surface area (Å²) in [7, 11) is 0. The van der Waals surface area contributed by atoms with E-state index in [-0.39, 0.29) is 30.1 Å². The molecular weight excluding hydrogens is 379 g/mol. The zero-order chi connectivity index (χ0) is 21.4. The molecule has 10 heteroatoms. The van der Waals surface area contributed by atoms with Gasteiger partial charge in [0.15, 0.2) is 5.69 Å². The third-order valence-electron chi connectivity index (χ3n) is 4.14. The van der Waals surface area contributed by atoms with Gasteiger partial charge in [0.25, 0.3) is 0 Å². The SMILES string of the molecule is CCOC(=O)c1nn(C(C)C)c2c1CN(C(=O)OC(C)(C)C)C[C@H]2C(F)(F)F. The zero-order valence-corrected chi connectivity index (χ0v) is 16.9. The lowest BCUT2D eigenvalue weighted by atomic mass is 9.93. The Kier molecular flexibility index (Phi) is 6.01. The third kappa shape index (κ3) is 4.59. The van der Waals surface area contributed by atoms with Crippen LogP contribution in [-0.2, 0) is 16.0 Å². The second-order valence-corrected chi connectivity index (χ2v) is 7.93. The summed E-state index contributed by atoms with van der Waals surface area (Å²) in [5.74, 6) is -2.80. The summed E-state index contributed by atoms with van der Waals surface area (Å²) in [6, 6.07) is -0.408. The van der Waals surface area contributed by atoms with Crippen molar-refractivity contribution in [2.24, 2.45) is 0 Å². The second kappa shape index (κ2) is 7.63. The number of rotatable bonds is 3. The smallest absolute Gasteiger partial charge is 0.410 e. The van der Waals surface area contributed by atoms with Gasteiger partial charge in [0.05, 0.1) is 18.8 Å². The lowest BCUT2D eigenvalue weighted by Crippen LogP contribution is -2.45. The van der Waals surface area contributed by atoms with E-state index in [1.165, 1.54) is 4.68 Å². The number of amides is 1. The Hall–Kier alpha value is -2.26. The van der Waals surface area contributed by atoms with Crippen molar-refractivity contribution in [3.8, 4) is 0 Å². The molecule has 158 valence electrons. The topological polar surface area (TPSA) is 73.7 Å². The van der Waals surface area contributed by atoms with Crippen LogP contribution < -0.4 is 0 Å². The first-order valence-electron chi connectivity index (χ1n) is 9.09. The summed E-state index contributed by atoms with van der Waals surface area (Å²) in [5, 5.41) is 4.11. The van der Waals surface area contributed by atoms with Crippen LogP contribution in [0.3, 0.4) is 0 Å². The van der Waals surface area contributed by atoms with Gasteiger partial charge in [-0.05, 0) is 41.5 Å². The molecule has 0 radical (unpaired) electrons. The van der Waals surface area contributed by atoms with E-state index in [1.54, 1.807) is 41.5 Å². The van der Waals surface area contributed by atoms with E-state index in [0.717, 1.165) is 4.90 Å². The summed E-state index contributed by atoms with van der Waals surface area (Å²) < 4.78 is 53.0. The average molecular weight is 405 g/mol. The summed E-state index contributed by atoms with van der Waals surface area (Å²) in [4.78, 5) is 25.7. The summed E-state index contributed by atoms with van der Waals surface area (Å²) in [6.07, 6.45) is -5.51. The molecule has 2 heterocycles. The van der Waals surface area contributed by atoms with Crippen molar-refractivity contribution in [1.29, 1.82) is 0 Å². The van der Waals surface area contributed by atoms with Gasteiger partial charge in [0, 0.05) is 18.2 Å². The number of carbonyl (C=O) groups excluding carboxylic acids is 2. The van der Waals surface area contributed by atoms with Gasteiger partial charge < -0.3 is 14.4 Å². The Labute approximate surface area is 161 Å². The van der Waals surface area contributed by atoms with Crippen LogP contribution >= 0.6 is 0 Å². The van der Waals surface area contributed by atoms with Crippen molar-refractivity contribution in [1.82, 2.24) is 14.7 Å². The first-order valence-corrected chi connectivity index (χ1v) is 9.09. The molecule has 1 aromatic rings. The van der Waals surface area contributed by atoms with Gasteiger partial charge in [-0.25, -0.2) is 9.59 Å². The Bertz CT molecular complexity index is 750. The summed E-state index contributed by atoms with van der Waals surface area (Å²) >= 11 is 0. The van der Waals surface area contributed by atoms with Crippen molar-refractivity contribution in [2.45, 2.75) is 71.8 Å². The maximum atomic E-state index is 13.9. The maximum Gasteiger partial charge on any atom is 0.410 e. The molecule has 28 heavy (non-hydrogen) atoms. The van der Waals surface area contributed by atoms with E-state index in [4.69, 9.17) is 9.47 Å². The van der Waals surface area contributed by atoms with E-state index in [2.05, 4.69) is 5.10 Å². The first kappa shape index (κ1) is 22.0. The molecule has 0 N–H and O–H groups in total. The lowest BCUT2D eigenvalue weighted by molar-refractivity contribution is -0.158. The highest BCUT2D eigenvalue weighted by atomic mass is 19.4. The Balaban J connectivity index is 2.58. The number of halogens is 3. The summed E-state index contributed by atoms with van der Waals surface area (Å²) in [5.41, 5.74) is -1.12. The highest BCUT2D eigenvalue weighted by molar-refractivity contribution is 5.89. The normalized spacial score (nSPS) is 17.5. The Morgan fingerprint density at radius 2 is 1.86 bits per heavy atom. The standard InChI is InChI=1S/C18H26F3N3O4/c1-7-27-15(25)13-11-8-23(16(26)28-17(4,5)6)9-12(18(19,20)21)14(11)24(22-13)10(2)3/h10,12H,7-9H2,1-6H3/t12-/m1/s1. The molecule has 1 amide bonds. The van der Waals surface area contributed by atoms with E-state index >= 15 is 0 Å². The predicted octanol–water partition coefficient (Wildman–Crippen LogP) is 4.04. The van der Waals surface area contributed by atoms with Crippen LogP contribution in [0.4, 0.5) is 18.0 Å². The first-order chi connectivity index (χ1) is 12.8. The summed E-state index contributed by atoms with van der Waals surface area (Å²) in [6.45, 7) is 9.07. The molecule has 1 aromatic heterocycles. The minimum atomic E-state index is -4.63. The van der Waals surface area contributed by atoms with Crippen molar-refractivity contribution in [3.63, 3.8) is 0 Å². The van der Waals surface area contributed by atoms with E-state index < -0.39 is 42.3 Å². The van der Waals surface area contributed by atoms with Crippen molar-refractivity contribution < 1.29 is 32.2 Å². The molecule has 0 saturated carbocycles. The molecule has 0 aromatic carbocycles. The van der Waals surface area contributed by atoms with Gasteiger partial charge in [-0.3, -0.25) is 4.68 Å². The number of hydrogen-bond acceptors (Lipinski definition) is 5. The number of alkyl halides is 3. The predicted molar refractivity (Wildman–Crippen MR) is 94.0 cm³/mol. The van der Waals surface area contributed by atoms with Gasteiger partial charge in [-0.1, -0.05) is 0 Å². The number of carbonyl (C=O) groups is 2. The van der Waals surface area contributed by atoms with E-state index in [9.17, 15) is 22.8 Å². The van der Waals surface area contributed by atoms with Gasteiger partial charge in [-0.15, -0.1) is 0 Å². The van der Waals surface area contributed by atoms with Gasteiger partial charge in [0.2, 0.25) is 0 Å². The molecular formula is C18H26F3N3O4. The van der Waals surface area contributed by atoms with Crippen molar-refractivity contribution in [3.05, 3.63) is 17.0 Å². The minimum absolute atomic E-state index is 0.0478. The molecule has 1 atom stereocenters. The fourth-order valence-electron chi connectivity index (χ4n) is 3.05. The van der Waals surface area contributed by atoms with Gasteiger partial charge >= 0.3 is 18.2 Å². The number of nitrogens with zero attached hydrogens (tertiary/aromatic N) is 3. The Morgan fingerprint density at radius 3 is 2.32 bits per heavy atom. The third-order valence-corrected chi connectivity index (χ3v) is 4.14. The van der Waals surface area contributed by atoms with Crippen LogP contribution in [0.15, 0.2) is 0 Å². The Morgan fingerprint density at radius 1 is 1.25 bits per heavy atom. The molecule has 0 saturated heterocycles. The molecule has 0 fully saturated rings. The number of hydrogen-bond donors (Lipinski definition) is 0. The number of esters is 1. The highest BCUT2D eigenvalue weighted by Crippen LogP contribution is 2.42. The second-order valence-electron chi connectivity index (χ2n) is 7.93. The van der Waals surface area contributed by atoms with Crippen LogP contribution in [0, 0.1) is 0 Å². The van der Waals surface area contributed by atoms with Gasteiger partial charge in [-0.2, -0.15) is 18.3 Å². The van der Waals surface area contributed by atoms with Crippen molar-refractivity contribution >= 4 is 12.1 Å². The molecule has 0 aliphatic carbocycles. The monoisotopic (exact) mass is 405 g/mol. The molecule has 0 spiro atoms. The van der Waals surface area contributed by atoms with E-state index in [0.29, 0.717) is 0 Å². The quantitative estimate of drug-likeness (QED) is 0.710. The van der Waals surface area contributed by atoms with Crippen LogP contribution in [0.2, 0.25) is 0 Å². The van der Waals surface area contributed by atoms with Crippen LogP contribution in [-0.4, -0.2) is 51.7 Å². The van der Waals surface area contributed by atoms with Gasteiger partial charge in [0.1, 0.15) is 11.5 Å². The fraction of sp³-hybridized carbons (Fsp3) is 0.722. The maximum absolute atomic E-state index is 13.9. The number of ether oxygens (including phenoxy) is 2.